The molecule has 0 aliphatic rings. The zero-order chi connectivity index (χ0) is 11.6. The van der Waals surface area contributed by atoms with Gasteiger partial charge in [-0.2, -0.15) is 0 Å². The predicted molar refractivity (Wildman–Crippen MR) is 65.9 cm³/mol. The molecule has 3 heteroatoms. The van der Waals surface area contributed by atoms with Crippen LogP contribution in [0.1, 0.15) is 52.4 Å². The quantitative estimate of drug-likeness (QED) is 0.487. The second kappa shape index (κ2) is 9.13. The molecule has 0 aromatic carbocycles. The van der Waals surface area contributed by atoms with Crippen molar-refractivity contribution in [1.29, 1.82) is 0 Å². The number of unbranched alkanes of at least 4 members (excludes halogenated alkanes) is 2. The fourth-order valence-corrected chi connectivity index (χ4v) is 1.81. The summed E-state index contributed by atoms with van der Waals surface area (Å²) in [6.07, 6.45) is 6.62. The van der Waals surface area contributed by atoms with E-state index in [1.54, 1.807) is 0 Å². The molecule has 0 spiro atoms. The van der Waals surface area contributed by atoms with Crippen molar-refractivity contribution in [3.63, 3.8) is 0 Å². The maximum Gasteiger partial charge on any atom is 0.0431 e. The Kier molecular flexibility index (Phi) is 9.06. The van der Waals surface area contributed by atoms with Gasteiger partial charge in [0, 0.05) is 18.7 Å². The maximum absolute atomic E-state index is 8.70. The Morgan fingerprint density at radius 1 is 1.20 bits per heavy atom. The van der Waals surface area contributed by atoms with Gasteiger partial charge in [-0.3, -0.25) is 0 Å². The Bertz CT molecular complexity index is 136. The van der Waals surface area contributed by atoms with E-state index in [1.165, 1.54) is 12.8 Å². The molecule has 0 aliphatic carbocycles. The highest BCUT2D eigenvalue weighted by Crippen LogP contribution is 2.17. The minimum atomic E-state index is 0.130. The van der Waals surface area contributed by atoms with Crippen LogP contribution in [-0.2, 0) is 0 Å². The fraction of sp³-hybridized carbons (Fsp3) is 1.00. The largest absolute Gasteiger partial charge is 0.396 e. The van der Waals surface area contributed by atoms with Crippen molar-refractivity contribution < 1.29 is 5.11 Å². The van der Waals surface area contributed by atoms with Crippen molar-refractivity contribution >= 4 is 0 Å². The molecular weight excluding hydrogens is 188 g/mol. The van der Waals surface area contributed by atoms with Crippen LogP contribution >= 0.6 is 0 Å². The van der Waals surface area contributed by atoms with E-state index in [0.717, 1.165) is 32.2 Å². The van der Waals surface area contributed by atoms with E-state index in [1.807, 2.05) is 0 Å². The monoisotopic (exact) mass is 216 g/mol. The zero-order valence-corrected chi connectivity index (χ0v) is 10.4. The van der Waals surface area contributed by atoms with Gasteiger partial charge in [0.2, 0.25) is 0 Å². The Hall–Kier alpha value is -0.120. The van der Waals surface area contributed by atoms with Gasteiger partial charge < -0.3 is 16.2 Å². The van der Waals surface area contributed by atoms with Crippen LogP contribution in [0.4, 0.5) is 0 Å². The van der Waals surface area contributed by atoms with Gasteiger partial charge in [-0.15, -0.1) is 0 Å². The van der Waals surface area contributed by atoms with Crippen molar-refractivity contribution in [2.45, 2.75) is 57.9 Å². The number of hydrogen-bond donors (Lipinski definition) is 3. The van der Waals surface area contributed by atoms with Crippen LogP contribution in [0.5, 0.6) is 0 Å². The lowest BCUT2D eigenvalue weighted by Crippen LogP contribution is -2.51. The number of nitrogens with two attached hydrogens (primary N) is 1. The van der Waals surface area contributed by atoms with Crippen LogP contribution in [0.2, 0.25) is 0 Å². The maximum atomic E-state index is 8.70. The van der Waals surface area contributed by atoms with Crippen LogP contribution < -0.4 is 11.1 Å². The molecule has 15 heavy (non-hydrogen) atoms. The molecule has 0 radical (unpaired) electrons. The van der Waals surface area contributed by atoms with Crippen molar-refractivity contribution in [3.8, 4) is 0 Å². The standard InChI is InChI=1S/C12H28N2O/c1-3-5-8-12(4-2,11-13)14-9-6-7-10-15/h14-15H,3-11,13H2,1-2H3. The third-order valence-electron chi connectivity index (χ3n) is 3.16. The van der Waals surface area contributed by atoms with Gasteiger partial charge >= 0.3 is 0 Å². The van der Waals surface area contributed by atoms with Crippen LogP contribution in [-0.4, -0.2) is 30.3 Å². The molecule has 92 valence electrons. The summed E-state index contributed by atoms with van der Waals surface area (Å²) in [6.45, 7) is 6.38. The molecule has 0 rings (SSSR count). The van der Waals surface area contributed by atoms with Crippen LogP contribution in [0.15, 0.2) is 0 Å². The highest BCUT2D eigenvalue weighted by molar-refractivity contribution is 4.87. The molecule has 0 heterocycles. The smallest absolute Gasteiger partial charge is 0.0431 e. The third-order valence-corrected chi connectivity index (χ3v) is 3.16. The summed E-state index contributed by atoms with van der Waals surface area (Å²) in [4.78, 5) is 0. The van der Waals surface area contributed by atoms with Crippen molar-refractivity contribution in [3.05, 3.63) is 0 Å². The summed E-state index contributed by atoms with van der Waals surface area (Å²) in [5, 5.41) is 12.3. The molecule has 1 unspecified atom stereocenters. The number of rotatable bonds is 10. The molecule has 1 atom stereocenters. The van der Waals surface area contributed by atoms with E-state index >= 15 is 0 Å². The van der Waals surface area contributed by atoms with Gasteiger partial charge in [-0.25, -0.2) is 0 Å². The summed E-state index contributed by atoms with van der Waals surface area (Å²) in [5.74, 6) is 0. The van der Waals surface area contributed by atoms with Gasteiger partial charge in [-0.05, 0) is 32.2 Å². The number of aliphatic hydroxyl groups is 1. The van der Waals surface area contributed by atoms with E-state index in [2.05, 4.69) is 19.2 Å². The molecule has 0 saturated carbocycles. The van der Waals surface area contributed by atoms with Gasteiger partial charge in [0.15, 0.2) is 0 Å². The fourth-order valence-electron chi connectivity index (χ4n) is 1.81. The summed E-state index contributed by atoms with van der Waals surface area (Å²) in [6, 6.07) is 0. The number of nitrogens with one attached hydrogen (secondary N) is 1. The third kappa shape index (κ3) is 6.13. The molecule has 0 amide bonds. The molecule has 3 nitrogen and oxygen atoms in total. The normalized spacial score (nSPS) is 15.2. The van der Waals surface area contributed by atoms with E-state index in [9.17, 15) is 0 Å². The van der Waals surface area contributed by atoms with E-state index in [0.29, 0.717) is 13.2 Å². The van der Waals surface area contributed by atoms with E-state index < -0.39 is 0 Å². The second-order valence-electron chi connectivity index (χ2n) is 4.30. The van der Waals surface area contributed by atoms with Crippen LogP contribution in [0.25, 0.3) is 0 Å². The van der Waals surface area contributed by atoms with Gasteiger partial charge in [-0.1, -0.05) is 26.7 Å². The lowest BCUT2D eigenvalue weighted by molar-refractivity contribution is 0.264. The summed E-state index contributed by atoms with van der Waals surface area (Å²) >= 11 is 0. The van der Waals surface area contributed by atoms with Crippen LogP contribution in [0, 0.1) is 0 Å². The molecule has 0 fully saturated rings. The van der Waals surface area contributed by atoms with Crippen molar-refractivity contribution in [2.24, 2.45) is 5.73 Å². The first-order chi connectivity index (χ1) is 7.24. The molecule has 0 bridgehead atoms. The average Bonchev–Trinajstić information content (AvgIpc) is 2.29. The summed E-state index contributed by atoms with van der Waals surface area (Å²) in [7, 11) is 0. The molecule has 0 aromatic rings. The van der Waals surface area contributed by atoms with Gasteiger partial charge in [0.1, 0.15) is 0 Å². The molecular formula is C12H28N2O. The second-order valence-corrected chi connectivity index (χ2v) is 4.30. The topological polar surface area (TPSA) is 58.3 Å². The van der Waals surface area contributed by atoms with Gasteiger partial charge in [0.25, 0.3) is 0 Å². The average molecular weight is 216 g/mol. The highest BCUT2D eigenvalue weighted by atomic mass is 16.2. The molecule has 0 aromatic heterocycles. The summed E-state index contributed by atoms with van der Waals surface area (Å²) in [5.41, 5.74) is 5.99. The predicted octanol–water partition coefficient (Wildman–Crippen LogP) is 1.65. The number of aliphatic hydroxyl groups excluding tert-OH is 1. The Balaban J connectivity index is 3.88. The Morgan fingerprint density at radius 3 is 2.40 bits per heavy atom. The number of hydrogen-bond acceptors (Lipinski definition) is 3. The molecule has 0 aliphatic heterocycles. The van der Waals surface area contributed by atoms with Crippen molar-refractivity contribution in [1.82, 2.24) is 5.32 Å². The Morgan fingerprint density at radius 2 is 1.93 bits per heavy atom. The zero-order valence-electron chi connectivity index (χ0n) is 10.4. The highest BCUT2D eigenvalue weighted by Gasteiger charge is 2.24. The first-order valence-corrected chi connectivity index (χ1v) is 6.30. The lowest BCUT2D eigenvalue weighted by Gasteiger charge is -2.33. The van der Waals surface area contributed by atoms with Crippen molar-refractivity contribution in [2.75, 3.05) is 19.7 Å². The first-order valence-electron chi connectivity index (χ1n) is 6.30. The molecule has 4 N–H and O–H groups in total. The summed E-state index contributed by atoms with van der Waals surface area (Å²) < 4.78 is 0. The minimum absolute atomic E-state index is 0.130. The van der Waals surface area contributed by atoms with E-state index in [-0.39, 0.29) is 5.54 Å². The minimum Gasteiger partial charge on any atom is -0.396 e. The van der Waals surface area contributed by atoms with Crippen LogP contribution in [0.3, 0.4) is 0 Å². The van der Waals surface area contributed by atoms with Gasteiger partial charge in [0.05, 0.1) is 0 Å². The van der Waals surface area contributed by atoms with E-state index in [4.69, 9.17) is 10.8 Å². The first kappa shape index (κ1) is 14.9. The lowest BCUT2D eigenvalue weighted by atomic mass is 9.89. The Labute approximate surface area is 94.4 Å². The SMILES string of the molecule is CCCCC(CC)(CN)NCCCCO. The molecule has 0 saturated heterocycles.